The second-order valence-corrected chi connectivity index (χ2v) is 7.99. The fourth-order valence-electron chi connectivity index (χ4n) is 3.30. The largest absolute Gasteiger partial charge is 0.354 e. The van der Waals surface area contributed by atoms with Gasteiger partial charge in [0.25, 0.3) is 5.56 Å². The topological polar surface area (TPSA) is 64.0 Å². The lowest BCUT2D eigenvalue weighted by molar-refractivity contribution is -0.121. The van der Waals surface area contributed by atoms with Gasteiger partial charge >= 0.3 is 0 Å². The first kappa shape index (κ1) is 20.0. The predicted molar refractivity (Wildman–Crippen MR) is 117 cm³/mol. The summed E-state index contributed by atoms with van der Waals surface area (Å²) in [5.41, 5.74) is 2.28. The van der Waals surface area contributed by atoms with E-state index in [4.69, 9.17) is 0 Å². The van der Waals surface area contributed by atoms with Gasteiger partial charge in [-0.25, -0.2) is 9.37 Å². The van der Waals surface area contributed by atoms with Crippen LogP contribution in [-0.2, 0) is 11.3 Å². The minimum atomic E-state index is -0.338. The van der Waals surface area contributed by atoms with E-state index in [-0.39, 0.29) is 29.7 Å². The highest BCUT2D eigenvalue weighted by Crippen LogP contribution is 2.30. The van der Waals surface area contributed by atoms with Crippen molar-refractivity contribution >= 4 is 27.5 Å². The number of nitrogens with one attached hydrogen (secondary N) is 1. The number of carbonyl (C=O) groups is 1. The lowest BCUT2D eigenvalue weighted by Gasteiger charge is -2.13. The van der Waals surface area contributed by atoms with E-state index in [0.29, 0.717) is 22.3 Å². The van der Waals surface area contributed by atoms with Gasteiger partial charge in [0.1, 0.15) is 17.2 Å². The molecule has 4 rings (SSSR count). The van der Waals surface area contributed by atoms with Crippen LogP contribution in [-0.4, -0.2) is 22.0 Å². The van der Waals surface area contributed by atoms with Crippen LogP contribution >= 0.6 is 11.3 Å². The first-order chi connectivity index (χ1) is 14.5. The van der Waals surface area contributed by atoms with Gasteiger partial charge in [-0.2, -0.15) is 0 Å². The van der Waals surface area contributed by atoms with E-state index in [1.165, 1.54) is 34.4 Å². The third-order valence-electron chi connectivity index (χ3n) is 5.00. The molecule has 1 amide bonds. The van der Waals surface area contributed by atoms with Crippen LogP contribution in [0, 0.1) is 5.82 Å². The molecule has 1 unspecified atom stereocenters. The average molecular weight is 421 g/mol. The predicted octanol–water partition coefficient (Wildman–Crippen LogP) is 4.18. The van der Waals surface area contributed by atoms with Gasteiger partial charge in [-0.15, -0.1) is 11.3 Å². The van der Waals surface area contributed by atoms with Crippen molar-refractivity contribution in [1.82, 2.24) is 14.9 Å². The Morgan fingerprint density at radius 3 is 2.63 bits per heavy atom. The number of thiophene rings is 1. The highest BCUT2D eigenvalue weighted by molar-refractivity contribution is 7.17. The molecule has 0 bridgehead atoms. The number of rotatable bonds is 6. The zero-order chi connectivity index (χ0) is 21.1. The summed E-state index contributed by atoms with van der Waals surface area (Å²) < 4.78 is 14.6. The molecule has 2 aromatic heterocycles. The summed E-state index contributed by atoms with van der Waals surface area (Å²) in [5, 5.41) is 5.16. The molecule has 7 heteroatoms. The monoisotopic (exact) mass is 421 g/mol. The van der Waals surface area contributed by atoms with Crippen molar-refractivity contribution in [2.24, 2.45) is 0 Å². The molecular formula is C23H20FN3O2S. The van der Waals surface area contributed by atoms with E-state index in [9.17, 15) is 14.0 Å². The smallest absolute Gasteiger partial charge is 0.263 e. The number of hydrogen-bond donors (Lipinski definition) is 1. The molecule has 1 N–H and O–H groups in total. The summed E-state index contributed by atoms with van der Waals surface area (Å²) in [5.74, 6) is -0.427. The maximum absolute atomic E-state index is 13.2. The Morgan fingerprint density at radius 1 is 1.17 bits per heavy atom. The number of hydrogen-bond acceptors (Lipinski definition) is 4. The molecule has 2 heterocycles. The van der Waals surface area contributed by atoms with Crippen LogP contribution in [0.15, 0.2) is 71.1 Å². The summed E-state index contributed by atoms with van der Waals surface area (Å²) in [6.07, 6.45) is 1.40. The third kappa shape index (κ3) is 4.16. The standard InChI is InChI=1S/C23H20FN3O2S/c1-15(16-5-3-2-4-6-16)11-25-20(28)12-27-14-26-22-21(23(27)29)19(13-30-22)17-7-9-18(24)10-8-17/h2-10,13-15H,11-12H2,1H3,(H,25,28). The molecule has 4 aromatic rings. The number of nitrogens with zero attached hydrogens (tertiary/aromatic N) is 2. The second-order valence-electron chi connectivity index (χ2n) is 7.13. The molecular weight excluding hydrogens is 401 g/mol. The summed E-state index contributed by atoms with van der Waals surface area (Å²) in [4.78, 5) is 30.4. The molecule has 0 radical (unpaired) electrons. The molecule has 5 nitrogen and oxygen atoms in total. The Hall–Kier alpha value is -3.32. The molecule has 1 atom stereocenters. The van der Waals surface area contributed by atoms with Crippen molar-refractivity contribution in [2.45, 2.75) is 19.4 Å². The van der Waals surface area contributed by atoms with Gasteiger partial charge in [0, 0.05) is 17.5 Å². The average Bonchev–Trinajstić information content (AvgIpc) is 3.20. The molecule has 152 valence electrons. The maximum Gasteiger partial charge on any atom is 0.263 e. The van der Waals surface area contributed by atoms with E-state index in [0.717, 1.165) is 11.1 Å². The van der Waals surface area contributed by atoms with Gasteiger partial charge in [-0.05, 0) is 29.2 Å². The van der Waals surface area contributed by atoms with Crippen molar-refractivity contribution in [3.05, 3.63) is 88.0 Å². The molecule has 30 heavy (non-hydrogen) atoms. The van der Waals surface area contributed by atoms with Gasteiger partial charge in [0.2, 0.25) is 5.91 Å². The number of carbonyl (C=O) groups excluding carboxylic acids is 1. The van der Waals surface area contributed by atoms with Gasteiger partial charge < -0.3 is 5.32 Å². The lowest BCUT2D eigenvalue weighted by Crippen LogP contribution is -2.34. The van der Waals surface area contributed by atoms with Gasteiger partial charge in [-0.3, -0.25) is 14.2 Å². The molecule has 0 aliphatic rings. The van der Waals surface area contributed by atoms with E-state index >= 15 is 0 Å². The Labute approximate surface area is 176 Å². The Kier molecular flexibility index (Phi) is 5.72. The number of amides is 1. The fourth-order valence-corrected chi connectivity index (χ4v) is 4.21. The second kappa shape index (κ2) is 8.59. The molecule has 0 aliphatic carbocycles. The van der Waals surface area contributed by atoms with Gasteiger partial charge in [0.05, 0.1) is 11.7 Å². The van der Waals surface area contributed by atoms with Crippen LogP contribution < -0.4 is 10.9 Å². The molecule has 2 aromatic carbocycles. The van der Waals surface area contributed by atoms with Crippen molar-refractivity contribution < 1.29 is 9.18 Å². The van der Waals surface area contributed by atoms with Crippen LogP contribution in [0.5, 0.6) is 0 Å². The summed E-state index contributed by atoms with van der Waals surface area (Å²) in [6, 6.07) is 15.9. The van der Waals surface area contributed by atoms with Crippen molar-refractivity contribution in [3.63, 3.8) is 0 Å². The Morgan fingerprint density at radius 2 is 1.90 bits per heavy atom. The first-order valence-corrected chi connectivity index (χ1v) is 10.4. The van der Waals surface area contributed by atoms with E-state index in [1.807, 2.05) is 42.6 Å². The van der Waals surface area contributed by atoms with Crippen molar-refractivity contribution in [1.29, 1.82) is 0 Å². The molecule has 0 aliphatic heterocycles. The number of fused-ring (bicyclic) bond motifs is 1. The van der Waals surface area contributed by atoms with E-state index in [2.05, 4.69) is 10.3 Å². The number of halogens is 1. The minimum absolute atomic E-state index is 0.109. The SMILES string of the molecule is CC(CNC(=O)Cn1cnc2scc(-c3ccc(F)cc3)c2c1=O)c1ccccc1. The lowest BCUT2D eigenvalue weighted by atomic mass is 10.0. The Bertz CT molecular complexity index is 1230. The van der Waals surface area contributed by atoms with E-state index in [1.54, 1.807) is 12.1 Å². The summed E-state index contributed by atoms with van der Waals surface area (Å²) in [6.45, 7) is 2.41. The quantitative estimate of drug-likeness (QED) is 0.508. The minimum Gasteiger partial charge on any atom is -0.354 e. The van der Waals surface area contributed by atoms with Crippen LogP contribution in [0.25, 0.3) is 21.3 Å². The maximum atomic E-state index is 13.2. The molecule has 0 saturated carbocycles. The summed E-state index contributed by atoms with van der Waals surface area (Å²) in [7, 11) is 0. The van der Waals surface area contributed by atoms with Crippen LogP contribution in [0.3, 0.4) is 0 Å². The first-order valence-electron chi connectivity index (χ1n) is 9.57. The zero-order valence-corrected chi connectivity index (χ0v) is 17.2. The number of aromatic nitrogens is 2. The van der Waals surface area contributed by atoms with Gasteiger partial charge in [-0.1, -0.05) is 49.4 Å². The van der Waals surface area contributed by atoms with Crippen LogP contribution in [0.2, 0.25) is 0 Å². The normalized spacial score (nSPS) is 12.1. The highest BCUT2D eigenvalue weighted by atomic mass is 32.1. The van der Waals surface area contributed by atoms with E-state index < -0.39 is 0 Å². The molecule has 0 spiro atoms. The van der Waals surface area contributed by atoms with Crippen molar-refractivity contribution in [2.75, 3.05) is 6.54 Å². The Balaban J connectivity index is 1.52. The number of benzene rings is 2. The highest BCUT2D eigenvalue weighted by Gasteiger charge is 2.15. The van der Waals surface area contributed by atoms with Crippen LogP contribution in [0.4, 0.5) is 4.39 Å². The molecule has 0 saturated heterocycles. The third-order valence-corrected chi connectivity index (χ3v) is 5.89. The van der Waals surface area contributed by atoms with Crippen LogP contribution in [0.1, 0.15) is 18.4 Å². The van der Waals surface area contributed by atoms with Crippen molar-refractivity contribution in [3.8, 4) is 11.1 Å². The zero-order valence-electron chi connectivity index (χ0n) is 16.3. The fraction of sp³-hybridized carbons (Fsp3) is 0.174. The summed E-state index contributed by atoms with van der Waals surface area (Å²) >= 11 is 1.35. The van der Waals surface area contributed by atoms with Gasteiger partial charge in [0.15, 0.2) is 0 Å². The molecule has 0 fully saturated rings.